The Morgan fingerprint density at radius 3 is 2.06 bits per heavy atom. The van der Waals surface area contributed by atoms with Crippen molar-refractivity contribution in [1.82, 2.24) is 0 Å². The summed E-state index contributed by atoms with van der Waals surface area (Å²) in [6.45, 7) is 16.8. The maximum atomic E-state index is 13.7. The topological polar surface area (TPSA) is 154 Å². The molecule has 4 aliphatic rings. The van der Waals surface area contributed by atoms with E-state index < -0.39 is 94.4 Å². The average molecular weight is 687 g/mol. The van der Waals surface area contributed by atoms with Crippen LogP contribution >= 0.6 is 0 Å². The number of esters is 5. The molecule has 0 amide bonds. The zero-order valence-corrected chi connectivity index (χ0v) is 30.2. The first-order valence-electron chi connectivity index (χ1n) is 17.1. The second-order valence-corrected chi connectivity index (χ2v) is 15.2. The molecule has 5 rings (SSSR count). The van der Waals surface area contributed by atoms with Crippen molar-refractivity contribution in [3.05, 3.63) is 35.3 Å². The van der Waals surface area contributed by atoms with Crippen LogP contribution in [0.2, 0.25) is 0 Å². The maximum absolute atomic E-state index is 13.7. The number of rotatable bonds is 9. The summed E-state index contributed by atoms with van der Waals surface area (Å²) < 4.78 is 42.7. The van der Waals surface area contributed by atoms with Crippen LogP contribution in [-0.4, -0.2) is 73.6 Å². The largest absolute Gasteiger partial charge is 0.472 e. The Kier molecular flexibility index (Phi) is 9.88. The lowest BCUT2D eigenvalue weighted by molar-refractivity contribution is -0.266. The number of hydrogen-bond acceptors (Lipinski definition) is 12. The Morgan fingerprint density at radius 1 is 0.878 bits per heavy atom. The highest BCUT2D eigenvalue weighted by molar-refractivity contribution is 5.72. The Balaban J connectivity index is 1.83. The molecule has 2 heterocycles. The normalized spacial score (nSPS) is 38.1. The summed E-state index contributed by atoms with van der Waals surface area (Å²) in [6.07, 6.45) is -0.154. The minimum absolute atomic E-state index is 0.132. The summed E-state index contributed by atoms with van der Waals surface area (Å²) in [5.74, 6) is -4.34. The molecule has 1 aromatic heterocycles. The minimum atomic E-state index is -1.20. The first-order chi connectivity index (χ1) is 22.9. The van der Waals surface area contributed by atoms with Crippen molar-refractivity contribution in [2.45, 2.75) is 119 Å². The van der Waals surface area contributed by atoms with E-state index in [-0.39, 0.29) is 25.6 Å². The van der Waals surface area contributed by atoms with Gasteiger partial charge in [0.1, 0.15) is 24.4 Å². The molecule has 49 heavy (non-hydrogen) atoms. The summed E-state index contributed by atoms with van der Waals surface area (Å²) in [5.41, 5.74) is -0.471. The Morgan fingerprint density at radius 2 is 1.51 bits per heavy atom. The van der Waals surface area contributed by atoms with Gasteiger partial charge in [-0.1, -0.05) is 40.2 Å². The molecule has 0 bridgehead atoms. The van der Waals surface area contributed by atoms with Gasteiger partial charge in [0.15, 0.2) is 0 Å². The molecule has 0 N–H and O–H groups in total. The molecule has 0 radical (unpaired) electrons. The fraction of sp³-hybridized carbons (Fsp3) is 0.703. The lowest BCUT2D eigenvalue weighted by atomic mass is 9.40. The predicted octanol–water partition coefficient (Wildman–Crippen LogP) is 5.08. The van der Waals surface area contributed by atoms with E-state index in [9.17, 15) is 24.0 Å². The predicted molar refractivity (Wildman–Crippen MR) is 172 cm³/mol. The number of ether oxygens (including phenoxy) is 6. The zero-order chi connectivity index (χ0) is 36.2. The standard InChI is InChI=1S/C37H50O12/c1-18(2)34(42)49-33-31-32-35(8,17-45-31)28(47-22(6)40)14-29(48-23(7)41)36(32,9)27(16-44-20(4)38)37(33,10)30-19(3)25(24-11-12-43-15-24)13-26(30)46-21(5)39/h11-12,15,18,25-29,31-33H,13-14,16-17H2,1-10H3. The van der Waals surface area contributed by atoms with Gasteiger partial charge in [-0.3, -0.25) is 24.0 Å². The molecule has 12 nitrogen and oxygen atoms in total. The smallest absolute Gasteiger partial charge is 0.308 e. The molecule has 0 aromatic carbocycles. The number of allylic oxidation sites excluding steroid dienone is 1. The molecule has 2 saturated carbocycles. The van der Waals surface area contributed by atoms with Crippen molar-refractivity contribution in [2.24, 2.45) is 34.0 Å². The number of hydrogen-bond donors (Lipinski definition) is 0. The lowest BCUT2D eigenvalue weighted by Gasteiger charge is -2.66. The van der Waals surface area contributed by atoms with Crippen LogP contribution in [0.25, 0.3) is 0 Å². The summed E-state index contributed by atoms with van der Waals surface area (Å²) in [4.78, 5) is 64.2. The quantitative estimate of drug-likeness (QED) is 0.193. The number of carbonyl (C=O) groups excluding carboxylic acids is 5. The highest BCUT2D eigenvalue weighted by Gasteiger charge is 2.77. The van der Waals surface area contributed by atoms with Crippen LogP contribution in [0.3, 0.4) is 0 Å². The lowest BCUT2D eigenvalue weighted by Crippen LogP contribution is -2.73. The minimum Gasteiger partial charge on any atom is -0.472 e. The van der Waals surface area contributed by atoms with Gasteiger partial charge in [-0.05, 0) is 30.5 Å². The number of furan rings is 1. The molecule has 270 valence electrons. The third-order valence-electron chi connectivity index (χ3n) is 11.9. The monoisotopic (exact) mass is 686 g/mol. The van der Waals surface area contributed by atoms with Gasteiger partial charge in [-0.2, -0.15) is 0 Å². The molecular formula is C37H50O12. The van der Waals surface area contributed by atoms with Crippen LogP contribution in [0.1, 0.15) is 93.6 Å². The summed E-state index contributed by atoms with van der Waals surface area (Å²) in [7, 11) is 0. The van der Waals surface area contributed by atoms with Crippen molar-refractivity contribution in [1.29, 1.82) is 0 Å². The summed E-state index contributed by atoms with van der Waals surface area (Å²) in [5, 5.41) is 0. The SMILES string of the molecule is CC(=O)OCC1C(C)(C2=C(C)C(c3ccoc3)CC2OC(C)=O)C(OC(=O)C(C)C)C2OCC3(C)C(OC(C)=O)CC(OC(C)=O)C1(C)C23. The van der Waals surface area contributed by atoms with Crippen LogP contribution in [0, 0.1) is 34.0 Å². The van der Waals surface area contributed by atoms with Gasteiger partial charge >= 0.3 is 29.8 Å². The summed E-state index contributed by atoms with van der Waals surface area (Å²) in [6, 6.07) is 1.87. The van der Waals surface area contributed by atoms with Gasteiger partial charge < -0.3 is 32.8 Å². The molecular weight excluding hydrogens is 636 g/mol. The first-order valence-corrected chi connectivity index (χ1v) is 17.1. The Bertz CT molecular complexity index is 1510. The van der Waals surface area contributed by atoms with Crippen molar-refractivity contribution in [2.75, 3.05) is 13.2 Å². The molecule has 11 unspecified atom stereocenters. The molecule has 3 aliphatic carbocycles. The zero-order valence-electron chi connectivity index (χ0n) is 30.2. The molecule has 1 saturated heterocycles. The number of carbonyl (C=O) groups is 5. The van der Waals surface area contributed by atoms with Crippen molar-refractivity contribution < 1.29 is 56.8 Å². The van der Waals surface area contributed by atoms with Gasteiger partial charge in [0.05, 0.1) is 37.8 Å². The van der Waals surface area contributed by atoms with E-state index in [1.54, 1.807) is 26.4 Å². The van der Waals surface area contributed by atoms with Crippen LogP contribution in [0.15, 0.2) is 34.2 Å². The molecule has 11 atom stereocenters. The second-order valence-electron chi connectivity index (χ2n) is 15.2. The third-order valence-corrected chi connectivity index (χ3v) is 11.9. The van der Waals surface area contributed by atoms with Crippen molar-refractivity contribution in [3.8, 4) is 0 Å². The van der Waals surface area contributed by atoms with Gasteiger partial charge in [-0.15, -0.1) is 0 Å². The van der Waals surface area contributed by atoms with E-state index in [1.807, 2.05) is 33.8 Å². The van der Waals surface area contributed by atoms with Crippen molar-refractivity contribution in [3.63, 3.8) is 0 Å². The second kappa shape index (κ2) is 13.2. The maximum Gasteiger partial charge on any atom is 0.308 e. The van der Waals surface area contributed by atoms with Crippen molar-refractivity contribution >= 4 is 29.8 Å². The van der Waals surface area contributed by atoms with Crippen LogP contribution in [0.4, 0.5) is 0 Å². The van der Waals surface area contributed by atoms with Gasteiger partial charge in [0.25, 0.3) is 0 Å². The van der Waals surface area contributed by atoms with E-state index in [1.165, 1.54) is 27.7 Å². The van der Waals surface area contributed by atoms with E-state index in [2.05, 4.69) is 0 Å². The highest BCUT2D eigenvalue weighted by atomic mass is 16.6. The van der Waals surface area contributed by atoms with Crippen LogP contribution in [0.5, 0.6) is 0 Å². The van der Waals surface area contributed by atoms with Crippen LogP contribution < -0.4 is 0 Å². The van der Waals surface area contributed by atoms with E-state index in [0.717, 1.165) is 16.7 Å². The fourth-order valence-corrected chi connectivity index (χ4v) is 9.99. The molecule has 1 aliphatic heterocycles. The fourth-order valence-electron chi connectivity index (χ4n) is 9.99. The Hall–Kier alpha value is -3.67. The van der Waals surface area contributed by atoms with E-state index in [4.69, 9.17) is 32.8 Å². The van der Waals surface area contributed by atoms with Gasteiger partial charge in [0.2, 0.25) is 0 Å². The third kappa shape index (κ3) is 6.08. The molecule has 1 aromatic rings. The first kappa shape index (κ1) is 36.6. The average Bonchev–Trinajstić information content (AvgIpc) is 3.71. The van der Waals surface area contributed by atoms with E-state index >= 15 is 0 Å². The van der Waals surface area contributed by atoms with Gasteiger partial charge in [-0.25, -0.2) is 0 Å². The highest BCUT2D eigenvalue weighted by Crippen LogP contribution is 2.71. The molecule has 3 fully saturated rings. The Labute approximate surface area is 287 Å². The molecule has 0 spiro atoms. The van der Waals surface area contributed by atoms with Crippen LogP contribution in [-0.2, 0) is 52.4 Å². The van der Waals surface area contributed by atoms with E-state index in [0.29, 0.717) is 6.42 Å². The summed E-state index contributed by atoms with van der Waals surface area (Å²) >= 11 is 0. The van der Waals surface area contributed by atoms with Gasteiger partial charge in [0, 0.05) is 68.1 Å². The molecule has 12 heteroatoms.